The molecule has 0 fully saturated rings. The van der Waals surface area contributed by atoms with Crippen molar-refractivity contribution in [1.29, 1.82) is 0 Å². The summed E-state index contributed by atoms with van der Waals surface area (Å²) in [6.45, 7) is 2.31. The Morgan fingerprint density at radius 1 is 1.06 bits per heavy atom. The lowest BCUT2D eigenvalue weighted by molar-refractivity contribution is -0.113. The monoisotopic (exact) mass is 438 g/mol. The van der Waals surface area contributed by atoms with E-state index < -0.39 is 6.04 Å². The van der Waals surface area contributed by atoms with Crippen LogP contribution in [0.4, 0.5) is 11.8 Å². The highest BCUT2D eigenvalue weighted by Gasteiger charge is 2.33. The number of nitrogens with zero attached hydrogens (tertiary/aromatic N) is 4. The van der Waals surface area contributed by atoms with Crippen molar-refractivity contribution < 1.29 is 9.53 Å². The fourth-order valence-corrected chi connectivity index (χ4v) is 3.83. The highest BCUT2D eigenvalue weighted by Crippen LogP contribution is 2.36. The number of nitrogens with one attached hydrogen (secondary N) is 2. The molecule has 164 valence electrons. The van der Waals surface area contributed by atoms with Crippen molar-refractivity contribution in [3.05, 3.63) is 108 Å². The predicted molar refractivity (Wildman–Crippen MR) is 125 cm³/mol. The highest BCUT2D eigenvalue weighted by molar-refractivity contribution is 6.05. The third-order valence-corrected chi connectivity index (χ3v) is 5.37. The van der Waals surface area contributed by atoms with E-state index in [1.54, 1.807) is 23.0 Å². The van der Waals surface area contributed by atoms with Gasteiger partial charge >= 0.3 is 0 Å². The number of carbonyl (C=O) groups excluding carboxylic acids is 1. The summed E-state index contributed by atoms with van der Waals surface area (Å²) >= 11 is 0. The Morgan fingerprint density at radius 2 is 1.91 bits per heavy atom. The van der Waals surface area contributed by atoms with Gasteiger partial charge in [0.2, 0.25) is 5.95 Å². The minimum absolute atomic E-state index is 0.263. The number of anilines is 2. The molecule has 1 atom stereocenters. The van der Waals surface area contributed by atoms with Crippen LogP contribution in [0.2, 0.25) is 0 Å². The van der Waals surface area contributed by atoms with Crippen LogP contribution in [-0.4, -0.2) is 25.7 Å². The van der Waals surface area contributed by atoms with Gasteiger partial charge in [-0.25, -0.2) is 9.67 Å². The van der Waals surface area contributed by atoms with Gasteiger partial charge in [-0.15, -0.1) is 0 Å². The Bertz CT molecular complexity index is 1300. The number of pyridine rings is 1. The van der Waals surface area contributed by atoms with Crippen molar-refractivity contribution in [3.63, 3.8) is 0 Å². The number of benzene rings is 2. The lowest BCUT2D eigenvalue weighted by Gasteiger charge is -2.28. The number of hydrogen-bond donors (Lipinski definition) is 2. The van der Waals surface area contributed by atoms with E-state index in [1.807, 2.05) is 67.6 Å². The summed E-state index contributed by atoms with van der Waals surface area (Å²) in [5.74, 6) is 1.49. The van der Waals surface area contributed by atoms with Crippen LogP contribution in [0, 0.1) is 0 Å². The smallest absolute Gasteiger partial charge is 0.257 e. The molecule has 1 aliphatic rings. The van der Waals surface area contributed by atoms with Gasteiger partial charge in [0.15, 0.2) is 0 Å². The molecule has 8 nitrogen and oxygen atoms in total. The standard InChI is InChI=1S/C25H22N6O2/c1-17-22(24(32)30-21-12-5-6-13-26-21)23(31-25(29-17)27-16-28-31)19-10-7-11-20(14-19)33-15-18-8-3-2-4-9-18/h2-14,16,23H,15H2,1H3,(H,26,30,32)(H,27,28,29)/t23-/m0/s1. The molecule has 0 saturated carbocycles. The van der Waals surface area contributed by atoms with Crippen molar-refractivity contribution in [2.45, 2.75) is 19.6 Å². The Morgan fingerprint density at radius 3 is 2.73 bits per heavy atom. The molecule has 0 aliphatic carbocycles. The number of hydrogen-bond acceptors (Lipinski definition) is 6. The van der Waals surface area contributed by atoms with E-state index in [2.05, 4.69) is 25.7 Å². The Kier molecular flexibility index (Phi) is 5.55. The third kappa shape index (κ3) is 4.31. The first-order valence-corrected chi connectivity index (χ1v) is 10.6. The molecule has 1 amide bonds. The summed E-state index contributed by atoms with van der Waals surface area (Å²) in [6.07, 6.45) is 3.11. The summed E-state index contributed by atoms with van der Waals surface area (Å²) in [5, 5.41) is 10.4. The molecule has 33 heavy (non-hydrogen) atoms. The quantitative estimate of drug-likeness (QED) is 0.469. The average Bonchev–Trinajstić information content (AvgIpc) is 3.31. The molecule has 2 N–H and O–H groups in total. The van der Waals surface area contributed by atoms with Crippen LogP contribution in [0.15, 0.2) is 96.6 Å². The van der Waals surface area contributed by atoms with Crippen LogP contribution in [0.5, 0.6) is 5.75 Å². The first-order chi connectivity index (χ1) is 16.2. The molecule has 5 rings (SSSR count). The lowest BCUT2D eigenvalue weighted by Crippen LogP contribution is -2.31. The van der Waals surface area contributed by atoms with Gasteiger partial charge in [0.1, 0.15) is 30.5 Å². The number of rotatable bonds is 6. The molecular weight excluding hydrogens is 416 g/mol. The maximum absolute atomic E-state index is 13.3. The van der Waals surface area contributed by atoms with Crippen LogP contribution in [0.3, 0.4) is 0 Å². The normalized spacial score (nSPS) is 14.9. The number of ether oxygens (including phenoxy) is 1. The number of carbonyl (C=O) groups is 1. The van der Waals surface area contributed by atoms with E-state index in [0.29, 0.717) is 35.4 Å². The van der Waals surface area contributed by atoms with Crippen LogP contribution in [-0.2, 0) is 11.4 Å². The molecule has 0 bridgehead atoms. The van der Waals surface area contributed by atoms with E-state index in [0.717, 1.165) is 11.1 Å². The molecular formula is C25H22N6O2. The zero-order chi connectivity index (χ0) is 22.6. The van der Waals surface area contributed by atoms with Crippen LogP contribution < -0.4 is 15.4 Å². The summed E-state index contributed by atoms with van der Waals surface area (Å²) in [4.78, 5) is 21.8. The van der Waals surface area contributed by atoms with Gasteiger partial charge in [0.05, 0.1) is 5.57 Å². The van der Waals surface area contributed by atoms with Gasteiger partial charge < -0.3 is 15.4 Å². The first kappa shape index (κ1) is 20.4. The van der Waals surface area contributed by atoms with E-state index in [1.165, 1.54) is 6.33 Å². The second-order valence-electron chi connectivity index (χ2n) is 7.61. The summed E-state index contributed by atoms with van der Waals surface area (Å²) < 4.78 is 7.73. The fourth-order valence-electron chi connectivity index (χ4n) is 3.83. The number of allylic oxidation sites excluding steroid dienone is 1. The summed E-state index contributed by atoms with van der Waals surface area (Å²) in [6, 6.07) is 22.6. The van der Waals surface area contributed by atoms with E-state index in [-0.39, 0.29) is 5.91 Å². The Hall–Kier alpha value is -4.46. The van der Waals surface area contributed by atoms with Crippen LogP contribution >= 0.6 is 0 Å². The molecule has 2 aromatic carbocycles. The third-order valence-electron chi connectivity index (χ3n) is 5.37. The molecule has 0 saturated heterocycles. The van der Waals surface area contributed by atoms with Crippen LogP contribution in [0.1, 0.15) is 24.1 Å². The number of amides is 1. The Labute approximate surface area is 191 Å². The van der Waals surface area contributed by atoms with Crippen molar-refractivity contribution in [2.75, 3.05) is 10.6 Å². The summed E-state index contributed by atoms with van der Waals surface area (Å²) in [5.41, 5.74) is 3.16. The second-order valence-corrected chi connectivity index (χ2v) is 7.61. The molecule has 3 heterocycles. The molecule has 2 aromatic heterocycles. The van der Waals surface area contributed by atoms with Gasteiger partial charge in [0.25, 0.3) is 5.91 Å². The average molecular weight is 438 g/mol. The molecule has 0 radical (unpaired) electrons. The van der Waals surface area contributed by atoms with E-state index >= 15 is 0 Å². The molecule has 8 heteroatoms. The second kappa shape index (κ2) is 8.96. The van der Waals surface area contributed by atoms with Gasteiger partial charge in [-0.1, -0.05) is 48.5 Å². The largest absolute Gasteiger partial charge is 0.489 e. The fraction of sp³-hybridized carbons (Fsp3) is 0.120. The molecule has 1 aliphatic heterocycles. The highest BCUT2D eigenvalue weighted by atomic mass is 16.5. The minimum Gasteiger partial charge on any atom is -0.489 e. The lowest BCUT2D eigenvalue weighted by atomic mass is 9.95. The predicted octanol–water partition coefficient (Wildman–Crippen LogP) is 4.18. The van der Waals surface area contributed by atoms with Crippen LogP contribution in [0.25, 0.3) is 0 Å². The number of aromatic nitrogens is 4. The van der Waals surface area contributed by atoms with Gasteiger partial charge in [0, 0.05) is 11.9 Å². The van der Waals surface area contributed by atoms with Gasteiger partial charge in [-0.2, -0.15) is 10.1 Å². The summed E-state index contributed by atoms with van der Waals surface area (Å²) in [7, 11) is 0. The van der Waals surface area contributed by atoms with Gasteiger partial charge in [-0.3, -0.25) is 4.79 Å². The van der Waals surface area contributed by atoms with Crippen molar-refractivity contribution in [1.82, 2.24) is 19.7 Å². The zero-order valence-corrected chi connectivity index (χ0v) is 18.0. The molecule has 0 spiro atoms. The molecule has 0 unspecified atom stereocenters. The minimum atomic E-state index is -0.479. The maximum Gasteiger partial charge on any atom is 0.257 e. The zero-order valence-electron chi connectivity index (χ0n) is 18.0. The Balaban J connectivity index is 1.47. The SMILES string of the molecule is CC1=C(C(=O)Nc2ccccn2)[C@H](c2cccc(OCc3ccccc3)c2)n2ncnc2N1. The van der Waals surface area contributed by atoms with Crippen molar-refractivity contribution in [2.24, 2.45) is 0 Å². The van der Waals surface area contributed by atoms with Gasteiger partial charge in [-0.05, 0) is 42.3 Å². The van der Waals surface area contributed by atoms with E-state index in [4.69, 9.17) is 4.74 Å². The van der Waals surface area contributed by atoms with Crippen molar-refractivity contribution >= 4 is 17.7 Å². The first-order valence-electron chi connectivity index (χ1n) is 10.6. The number of fused-ring (bicyclic) bond motifs is 1. The molecule has 4 aromatic rings. The maximum atomic E-state index is 13.3. The van der Waals surface area contributed by atoms with Crippen molar-refractivity contribution in [3.8, 4) is 5.75 Å². The van der Waals surface area contributed by atoms with E-state index in [9.17, 15) is 4.79 Å². The topological polar surface area (TPSA) is 94.0 Å².